The van der Waals surface area contributed by atoms with Crippen molar-refractivity contribution in [2.45, 2.75) is 69.4 Å². The van der Waals surface area contributed by atoms with Gasteiger partial charge in [0, 0.05) is 41.5 Å². The molecule has 3 aromatic carbocycles. The summed E-state index contributed by atoms with van der Waals surface area (Å²) in [5, 5.41) is 26.1. The molecule has 1 aromatic heterocycles. The topological polar surface area (TPSA) is 204 Å². The number of non-ortho nitro benzene ring substituents is 1. The fourth-order valence-electron chi connectivity index (χ4n) is 6.31. The van der Waals surface area contributed by atoms with E-state index in [4.69, 9.17) is 15.2 Å². The van der Waals surface area contributed by atoms with Gasteiger partial charge in [-0.05, 0) is 94.5 Å². The predicted molar refractivity (Wildman–Crippen MR) is 192 cm³/mol. The minimum atomic E-state index is -4.07. The molecule has 1 saturated heterocycles. The van der Waals surface area contributed by atoms with Crippen LogP contribution in [0.3, 0.4) is 0 Å². The molecule has 14 nitrogen and oxygen atoms in total. The lowest BCUT2D eigenvalue weighted by Crippen LogP contribution is -2.40. The van der Waals surface area contributed by atoms with Crippen LogP contribution in [-0.4, -0.2) is 64.7 Å². The number of nitro groups is 1. The van der Waals surface area contributed by atoms with Crippen LogP contribution in [0.25, 0.3) is 10.8 Å². The molecule has 0 bridgehead atoms. The van der Waals surface area contributed by atoms with Crippen molar-refractivity contribution in [2.24, 2.45) is 5.92 Å². The lowest BCUT2D eigenvalue weighted by atomic mass is 9.92. The molecule has 3 atom stereocenters. The van der Waals surface area contributed by atoms with Gasteiger partial charge in [-0.25, -0.2) is 13.4 Å². The van der Waals surface area contributed by atoms with E-state index >= 15 is 0 Å². The van der Waals surface area contributed by atoms with E-state index in [9.17, 15) is 33.2 Å². The van der Waals surface area contributed by atoms with Crippen molar-refractivity contribution in [3.63, 3.8) is 0 Å². The first-order valence-corrected chi connectivity index (χ1v) is 18.1. The highest BCUT2D eigenvalue weighted by Gasteiger charge is 2.46. The number of nitrogen functional groups attached to an aromatic ring is 1. The molecule has 2 heterocycles. The number of carbonyl (C=O) groups excluding carboxylic acids is 1. The van der Waals surface area contributed by atoms with Crippen LogP contribution in [0.15, 0.2) is 71.8 Å². The molecule has 3 unspecified atom stereocenters. The molecule has 270 valence electrons. The minimum Gasteiger partial charge on any atom is -0.490 e. The summed E-state index contributed by atoms with van der Waals surface area (Å²) in [5.74, 6) is -1.94. The van der Waals surface area contributed by atoms with Crippen molar-refractivity contribution in [3.05, 3.63) is 88.1 Å². The molecule has 4 N–H and O–H groups in total. The van der Waals surface area contributed by atoms with Crippen LogP contribution in [0.4, 0.5) is 17.2 Å². The Bertz CT molecular complexity index is 2090. The molecule has 1 fully saturated rings. The first-order valence-electron chi connectivity index (χ1n) is 16.5. The van der Waals surface area contributed by atoms with Crippen molar-refractivity contribution >= 4 is 49.7 Å². The van der Waals surface area contributed by atoms with Gasteiger partial charge in [0.1, 0.15) is 11.9 Å². The summed E-state index contributed by atoms with van der Waals surface area (Å²) < 4.78 is 39.1. The molecular formula is C36H41N5O9S. The second kappa shape index (κ2) is 14.8. The molecule has 5 rings (SSSR count). The number of carbonyl (C=O) groups is 2. The number of fused-ring (bicyclic) bond motifs is 1. The molecule has 1 aliphatic rings. The molecule has 0 saturated carbocycles. The second-order valence-electron chi connectivity index (χ2n) is 12.8. The van der Waals surface area contributed by atoms with Crippen LogP contribution in [-0.2, 0) is 19.4 Å². The van der Waals surface area contributed by atoms with E-state index in [0.29, 0.717) is 40.6 Å². The highest BCUT2D eigenvalue weighted by Crippen LogP contribution is 2.44. The molecule has 1 aliphatic heterocycles. The Labute approximate surface area is 295 Å². The zero-order chi connectivity index (χ0) is 37.2. The van der Waals surface area contributed by atoms with Crippen molar-refractivity contribution in [1.82, 2.24) is 9.88 Å². The molecule has 0 aliphatic carbocycles. The number of nitrogens with zero attached hydrogens (tertiary/aromatic N) is 3. The number of likely N-dealkylation sites (tertiary alicyclic amines) is 1. The number of carboxylic acids is 1. The molecule has 0 radical (unpaired) electrons. The van der Waals surface area contributed by atoms with Crippen molar-refractivity contribution in [3.8, 4) is 11.5 Å². The number of benzene rings is 3. The SMILES string of the molecule is CCOc1cc(C(Nc2ccc3c(N)nccc3c2)C(=O)N2CCC(C(=O)O)C2c2cc([N+](=O)[O-])ccc2S(=O)(=O)C(C)C)ccc1OC(C)C. The monoisotopic (exact) mass is 719 g/mol. The Morgan fingerprint density at radius 3 is 2.47 bits per heavy atom. The number of nitro benzene ring substituents is 1. The number of nitrogens with two attached hydrogens (primary N) is 1. The van der Waals surface area contributed by atoms with Gasteiger partial charge >= 0.3 is 5.97 Å². The number of nitrogens with one attached hydrogen (secondary N) is 1. The number of hydrogen-bond acceptors (Lipinski definition) is 11. The highest BCUT2D eigenvalue weighted by molar-refractivity contribution is 7.92. The van der Waals surface area contributed by atoms with Gasteiger partial charge in [0.2, 0.25) is 5.91 Å². The number of hydrogen-bond donors (Lipinski definition) is 3. The Kier molecular flexibility index (Phi) is 10.7. The standard InChI is InChI=1S/C36H41N5O9S/c1-6-49-30-18-23(7-11-29(30)50-20(2)3)32(39-24-8-10-26-22(17-24)13-15-38-34(26)37)35(42)40-16-14-27(36(43)44)33(40)28-19-25(41(45)46)9-12-31(28)51(47,48)21(4)5/h7-13,15,17-21,27,32-33,39H,6,14,16H2,1-5H3,(H2,37,38)(H,43,44). The van der Waals surface area contributed by atoms with Crippen LogP contribution in [0.1, 0.15) is 64.3 Å². The molecule has 15 heteroatoms. The summed E-state index contributed by atoms with van der Waals surface area (Å²) in [4.78, 5) is 44.0. The number of aliphatic carboxylic acids is 1. The Hall–Kier alpha value is -5.44. The zero-order valence-corrected chi connectivity index (χ0v) is 29.7. The third kappa shape index (κ3) is 7.53. The highest BCUT2D eigenvalue weighted by atomic mass is 32.2. The number of carboxylic acid groups (broad SMARTS) is 1. The average Bonchev–Trinajstić information content (AvgIpc) is 3.53. The fraction of sp³-hybridized carbons (Fsp3) is 0.361. The van der Waals surface area contributed by atoms with Gasteiger partial charge in [-0.1, -0.05) is 6.07 Å². The van der Waals surface area contributed by atoms with E-state index in [0.717, 1.165) is 23.6 Å². The minimum absolute atomic E-state index is 0.0179. The average molecular weight is 720 g/mol. The zero-order valence-electron chi connectivity index (χ0n) is 28.9. The van der Waals surface area contributed by atoms with E-state index in [1.54, 1.807) is 48.7 Å². The van der Waals surface area contributed by atoms with Gasteiger partial charge < -0.3 is 30.5 Å². The largest absolute Gasteiger partial charge is 0.490 e. The number of sulfone groups is 1. The quantitative estimate of drug-likeness (QED) is 0.109. The van der Waals surface area contributed by atoms with Crippen molar-refractivity contribution < 1.29 is 37.5 Å². The van der Waals surface area contributed by atoms with Crippen molar-refractivity contribution in [2.75, 3.05) is 24.2 Å². The Morgan fingerprint density at radius 2 is 1.82 bits per heavy atom. The number of pyridine rings is 1. The van der Waals surface area contributed by atoms with Crippen LogP contribution in [0.2, 0.25) is 0 Å². The number of amides is 1. The van der Waals surface area contributed by atoms with E-state index in [-0.39, 0.29) is 29.5 Å². The third-order valence-electron chi connectivity index (χ3n) is 8.76. The van der Waals surface area contributed by atoms with Gasteiger partial charge in [0.15, 0.2) is 21.3 Å². The van der Waals surface area contributed by atoms with Crippen LogP contribution >= 0.6 is 0 Å². The van der Waals surface area contributed by atoms with Crippen LogP contribution < -0.4 is 20.5 Å². The maximum Gasteiger partial charge on any atom is 0.309 e. The number of anilines is 2. The van der Waals surface area contributed by atoms with Gasteiger partial charge in [-0.2, -0.15) is 0 Å². The molecule has 51 heavy (non-hydrogen) atoms. The fourth-order valence-corrected chi connectivity index (χ4v) is 7.59. The van der Waals surface area contributed by atoms with Crippen LogP contribution in [0, 0.1) is 16.0 Å². The maximum atomic E-state index is 15.0. The predicted octanol–water partition coefficient (Wildman–Crippen LogP) is 5.92. The summed E-state index contributed by atoms with van der Waals surface area (Å²) >= 11 is 0. The number of rotatable bonds is 13. The van der Waals surface area contributed by atoms with Gasteiger partial charge in [-0.15, -0.1) is 0 Å². The summed E-state index contributed by atoms with van der Waals surface area (Å²) in [6.45, 7) is 8.71. The number of aromatic nitrogens is 1. The Morgan fingerprint density at radius 1 is 1.08 bits per heavy atom. The van der Waals surface area contributed by atoms with Gasteiger partial charge in [0.05, 0.1) is 39.7 Å². The van der Waals surface area contributed by atoms with Crippen LogP contribution in [0.5, 0.6) is 11.5 Å². The molecule has 4 aromatic rings. The normalized spacial score (nSPS) is 16.7. The maximum absolute atomic E-state index is 15.0. The number of ether oxygens (including phenoxy) is 2. The van der Waals surface area contributed by atoms with E-state index in [1.165, 1.54) is 18.7 Å². The summed E-state index contributed by atoms with van der Waals surface area (Å²) in [6, 6.07) is 12.9. The van der Waals surface area contributed by atoms with E-state index in [2.05, 4.69) is 10.3 Å². The van der Waals surface area contributed by atoms with Gasteiger partial charge in [-0.3, -0.25) is 19.7 Å². The first kappa shape index (κ1) is 36.8. The van der Waals surface area contributed by atoms with Crippen molar-refractivity contribution in [1.29, 1.82) is 0 Å². The summed E-state index contributed by atoms with van der Waals surface area (Å²) in [6.07, 6.45) is 1.37. The van der Waals surface area contributed by atoms with E-state index in [1.807, 2.05) is 20.8 Å². The molecular weight excluding hydrogens is 678 g/mol. The molecule has 1 amide bonds. The molecule has 0 spiro atoms. The summed E-state index contributed by atoms with van der Waals surface area (Å²) in [5.41, 5.74) is 6.48. The second-order valence-corrected chi connectivity index (χ2v) is 15.3. The third-order valence-corrected chi connectivity index (χ3v) is 11.0. The summed E-state index contributed by atoms with van der Waals surface area (Å²) in [7, 11) is -4.07. The smallest absolute Gasteiger partial charge is 0.309 e. The van der Waals surface area contributed by atoms with E-state index < -0.39 is 55.6 Å². The Balaban J connectivity index is 1.69. The first-order chi connectivity index (χ1) is 24.1. The lowest BCUT2D eigenvalue weighted by Gasteiger charge is -2.33. The van der Waals surface area contributed by atoms with Gasteiger partial charge in [0.25, 0.3) is 5.69 Å². The lowest BCUT2D eigenvalue weighted by molar-refractivity contribution is -0.385.